The second-order valence-electron chi connectivity index (χ2n) is 5.31. The smallest absolute Gasteiger partial charge is 0.306 e. The summed E-state index contributed by atoms with van der Waals surface area (Å²) in [5.41, 5.74) is 0.193. The molecule has 0 amide bonds. The maximum absolute atomic E-state index is 11.1. The van der Waals surface area contributed by atoms with E-state index in [0.717, 1.165) is 12.8 Å². The van der Waals surface area contributed by atoms with Crippen molar-refractivity contribution in [3.8, 4) is 0 Å². The molecule has 82 valence electrons. The van der Waals surface area contributed by atoms with Crippen LogP contribution in [0.4, 0.5) is 0 Å². The Bertz CT molecular complexity index is 232. The molecule has 0 saturated heterocycles. The zero-order valence-electron chi connectivity index (χ0n) is 9.76. The quantitative estimate of drug-likeness (QED) is 0.755. The Labute approximate surface area is 86.7 Å². The van der Waals surface area contributed by atoms with Crippen LogP contribution in [-0.2, 0) is 4.79 Å². The third-order valence-electron chi connectivity index (χ3n) is 4.60. The molecule has 2 nitrogen and oxygen atoms in total. The van der Waals surface area contributed by atoms with Crippen molar-refractivity contribution in [2.75, 3.05) is 0 Å². The summed E-state index contributed by atoms with van der Waals surface area (Å²) in [6, 6.07) is 0. The van der Waals surface area contributed by atoms with Crippen molar-refractivity contribution >= 4 is 5.97 Å². The van der Waals surface area contributed by atoms with Gasteiger partial charge in [0.25, 0.3) is 0 Å². The highest BCUT2D eigenvalue weighted by molar-refractivity contribution is 5.70. The van der Waals surface area contributed by atoms with Crippen LogP contribution in [0.3, 0.4) is 0 Å². The normalized spacial score (nSPS) is 32.9. The van der Waals surface area contributed by atoms with Crippen LogP contribution in [0.15, 0.2) is 0 Å². The highest BCUT2D eigenvalue weighted by Gasteiger charge is 2.52. The molecule has 2 unspecified atom stereocenters. The van der Waals surface area contributed by atoms with Crippen LogP contribution in [0.5, 0.6) is 0 Å². The van der Waals surface area contributed by atoms with Crippen LogP contribution in [0.25, 0.3) is 0 Å². The van der Waals surface area contributed by atoms with Gasteiger partial charge in [0.1, 0.15) is 0 Å². The lowest BCUT2D eigenvalue weighted by Crippen LogP contribution is -2.41. The van der Waals surface area contributed by atoms with E-state index in [9.17, 15) is 9.90 Å². The number of rotatable bonds is 3. The van der Waals surface area contributed by atoms with Crippen LogP contribution >= 0.6 is 0 Å². The fourth-order valence-corrected chi connectivity index (χ4v) is 3.43. The van der Waals surface area contributed by atoms with Crippen molar-refractivity contribution in [3.63, 3.8) is 0 Å². The van der Waals surface area contributed by atoms with Crippen LogP contribution in [0, 0.1) is 16.7 Å². The topological polar surface area (TPSA) is 37.3 Å². The number of carbonyl (C=O) groups is 1. The zero-order chi connectivity index (χ0) is 11.0. The molecule has 1 aliphatic rings. The summed E-state index contributed by atoms with van der Waals surface area (Å²) in [5, 5.41) is 9.17. The molecule has 0 radical (unpaired) electrons. The van der Waals surface area contributed by atoms with Gasteiger partial charge in [0.2, 0.25) is 0 Å². The van der Waals surface area contributed by atoms with Gasteiger partial charge in [-0.15, -0.1) is 0 Å². The molecule has 1 N–H and O–H groups in total. The van der Waals surface area contributed by atoms with E-state index in [1.807, 2.05) is 6.92 Å². The Kier molecular flexibility index (Phi) is 2.93. The molecule has 0 spiro atoms. The van der Waals surface area contributed by atoms with Crippen molar-refractivity contribution in [2.24, 2.45) is 16.7 Å². The molecule has 14 heavy (non-hydrogen) atoms. The van der Waals surface area contributed by atoms with E-state index in [0.29, 0.717) is 0 Å². The molecule has 0 bridgehead atoms. The van der Waals surface area contributed by atoms with Crippen LogP contribution in [0.1, 0.15) is 53.4 Å². The largest absolute Gasteiger partial charge is 0.481 e. The lowest BCUT2D eigenvalue weighted by atomic mass is 9.60. The average Bonchev–Trinajstić information content (AvgIpc) is 2.40. The van der Waals surface area contributed by atoms with E-state index in [-0.39, 0.29) is 16.7 Å². The van der Waals surface area contributed by atoms with Gasteiger partial charge in [0, 0.05) is 0 Å². The summed E-state index contributed by atoms with van der Waals surface area (Å²) >= 11 is 0. The first-order valence-electron chi connectivity index (χ1n) is 5.60. The van der Waals surface area contributed by atoms with Gasteiger partial charge in [-0.05, 0) is 30.1 Å². The lowest BCUT2D eigenvalue weighted by Gasteiger charge is -2.44. The van der Waals surface area contributed by atoms with Crippen LogP contribution < -0.4 is 0 Å². The van der Waals surface area contributed by atoms with Gasteiger partial charge in [-0.1, -0.05) is 34.1 Å². The molecule has 0 aromatic heterocycles. The standard InChI is InChI=1S/C12H22O2/c1-5-12(9(2)10(13)14)8-6-7-11(12,3)4/h9H,5-8H2,1-4H3,(H,13,14). The third kappa shape index (κ3) is 1.45. The fraction of sp³-hybridized carbons (Fsp3) is 0.917. The van der Waals surface area contributed by atoms with Gasteiger partial charge in [-0.25, -0.2) is 0 Å². The molecule has 0 heterocycles. The van der Waals surface area contributed by atoms with Crippen molar-refractivity contribution in [2.45, 2.75) is 53.4 Å². The van der Waals surface area contributed by atoms with Gasteiger partial charge in [-0.3, -0.25) is 4.79 Å². The summed E-state index contributed by atoms with van der Waals surface area (Å²) in [7, 11) is 0. The van der Waals surface area contributed by atoms with E-state index in [2.05, 4.69) is 20.8 Å². The SMILES string of the molecule is CCC1(C(C)C(=O)O)CCCC1(C)C. The molecule has 1 rings (SSSR count). The second-order valence-corrected chi connectivity index (χ2v) is 5.31. The summed E-state index contributed by atoms with van der Waals surface area (Å²) in [4.78, 5) is 11.1. The molecule has 0 aromatic rings. The van der Waals surface area contributed by atoms with Crippen molar-refractivity contribution < 1.29 is 9.90 Å². The number of hydrogen-bond donors (Lipinski definition) is 1. The van der Waals surface area contributed by atoms with Gasteiger partial charge < -0.3 is 5.11 Å². The minimum absolute atomic E-state index is 0.0127. The van der Waals surface area contributed by atoms with Crippen molar-refractivity contribution in [1.29, 1.82) is 0 Å². The average molecular weight is 198 g/mol. The monoisotopic (exact) mass is 198 g/mol. The molecule has 1 aliphatic carbocycles. The first kappa shape index (κ1) is 11.5. The van der Waals surface area contributed by atoms with Gasteiger partial charge in [0.05, 0.1) is 5.92 Å². The molecule has 1 fully saturated rings. The van der Waals surface area contributed by atoms with E-state index in [4.69, 9.17) is 0 Å². The predicted molar refractivity (Wildman–Crippen MR) is 57.2 cm³/mol. The van der Waals surface area contributed by atoms with Gasteiger partial charge in [-0.2, -0.15) is 0 Å². The molecular formula is C12H22O2. The molecule has 0 aromatic carbocycles. The maximum Gasteiger partial charge on any atom is 0.306 e. The summed E-state index contributed by atoms with van der Waals surface area (Å²) < 4.78 is 0. The molecule has 0 aliphatic heterocycles. The minimum atomic E-state index is -0.637. The summed E-state index contributed by atoms with van der Waals surface area (Å²) in [6.07, 6.45) is 4.40. The Hall–Kier alpha value is -0.530. The van der Waals surface area contributed by atoms with Crippen LogP contribution in [0.2, 0.25) is 0 Å². The van der Waals surface area contributed by atoms with Gasteiger partial charge >= 0.3 is 5.97 Å². The second kappa shape index (κ2) is 3.56. The highest BCUT2D eigenvalue weighted by Crippen LogP contribution is 2.58. The van der Waals surface area contributed by atoms with Gasteiger partial charge in [0.15, 0.2) is 0 Å². The van der Waals surface area contributed by atoms with Crippen molar-refractivity contribution in [1.82, 2.24) is 0 Å². The maximum atomic E-state index is 11.1. The van der Waals surface area contributed by atoms with E-state index in [1.165, 1.54) is 12.8 Å². The molecule has 2 atom stereocenters. The summed E-state index contributed by atoms with van der Waals surface area (Å²) in [6.45, 7) is 8.46. The molecule has 1 saturated carbocycles. The number of carboxylic acids is 1. The fourth-order valence-electron chi connectivity index (χ4n) is 3.43. The number of aliphatic carboxylic acids is 1. The Morgan fingerprint density at radius 1 is 1.43 bits per heavy atom. The van der Waals surface area contributed by atoms with E-state index >= 15 is 0 Å². The van der Waals surface area contributed by atoms with E-state index < -0.39 is 5.97 Å². The Balaban J connectivity index is 3.02. The highest BCUT2D eigenvalue weighted by atomic mass is 16.4. The summed E-state index contributed by atoms with van der Waals surface area (Å²) in [5.74, 6) is -0.855. The zero-order valence-corrected chi connectivity index (χ0v) is 9.76. The lowest BCUT2D eigenvalue weighted by molar-refractivity contribution is -0.149. The first-order valence-corrected chi connectivity index (χ1v) is 5.60. The van der Waals surface area contributed by atoms with Crippen LogP contribution in [-0.4, -0.2) is 11.1 Å². The van der Waals surface area contributed by atoms with E-state index in [1.54, 1.807) is 0 Å². The first-order chi connectivity index (χ1) is 6.37. The molecular weight excluding hydrogens is 176 g/mol. The Morgan fingerprint density at radius 3 is 2.29 bits per heavy atom. The minimum Gasteiger partial charge on any atom is -0.481 e. The predicted octanol–water partition coefficient (Wildman–Crippen LogP) is 3.31. The number of hydrogen-bond acceptors (Lipinski definition) is 1. The number of carboxylic acid groups (broad SMARTS) is 1. The molecule has 2 heteroatoms. The van der Waals surface area contributed by atoms with Crippen molar-refractivity contribution in [3.05, 3.63) is 0 Å². The Morgan fingerprint density at radius 2 is 2.00 bits per heavy atom. The third-order valence-corrected chi connectivity index (χ3v) is 4.60.